The molecule has 1 N–H and O–H groups in total. The second-order valence-electron chi connectivity index (χ2n) is 5.41. The minimum absolute atomic E-state index is 0.279. The summed E-state index contributed by atoms with van der Waals surface area (Å²) in [6.07, 6.45) is 5.30. The van der Waals surface area contributed by atoms with Crippen molar-refractivity contribution < 1.29 is 9.47 Å². The third-order valence-electron chi connectivity index (χ3n) is 3.76. The van der Waals surface area contributed by atoms with Crippen LogP contribution in [0.25, 0.3) is 0 Å². The van der Waals surface area contributed by atoms with Crippen LogP contribution in [0, 0.1) is 0 Å². The maximum absolute atomic E-state index is 5.95. The first-order valence-electron chi connectivity index (χ1n) is 7.91. The first-order valence-corrected chi connectivity index (χ1v) is 7.91. The van der Waals surface area contributed by atoms with Crippen LogP contribution in [0.1, 0.15) is 51.1 Å². The highest BCUT2D eigenvalue weighted by atomic mass is 16.5. The van der Waals surface area contributed by atoms with E-state index in [4.69, 9.17) is 9.47 Å². The number of hydrogen-bond acceptors (Lipinski definition) is 3. The molecular formula is C17H27NO2. The topological polar surface area (TPSA) is 30.5 Å². The molecular weight excluding hydrogens is 250 g/mol. The number of ether oxygens (including phenoxy) is 2. The van der Waals surface area contributed by atoms with E-state index in [0.717, 1.165) is 31.9 Å². The first-order chi connectivity index (χ1) is 9.83. The standard InChI is InChI=1S/C17H27NO2/c1-3-12-19-16-10-8-14(9-11-16)17(18-4-2)13-20-15-6-5-7-15/h8-11,15,17-18H,3-7,12-13H2,1-2H3. The molecule has 0 spiro atoms. The Morgan fingerprint density at radius 3 is 2.50 bits per heavy atom. The largest absolute Gasteiger partial charge is 0.494 e. The molecule has 0 radical (unpaired) electrons. The van der Waals surface area contributed by atoms with Crippen molar-refractivity contribution in [1.29, 1.82) is 0 Å². The normalized spacial score (nSPS) is 16.7. The highest BCUT2D eigenvalue weighted by Gasteiger charge is 2.20. The number of nitrogens with one attached hydrogen (secondary N) is 1. The summed E-state index contributed by atoms with van der Waals surface area (Å²) < 4.78 is 11.6. The molecule has 0 aromatic heterocycles. The number of hydrogen-bond donors (Lipinski definition) is 1. The molecule has 3 heteroatoms. The Balaban J connectivity index is 1.89. The van der Waals surface area contributed by atoms with Crippen LogP contribution < -0.4 is 10.1 Å². The lowest BCUT2D eigenvalue weighted by Gasteiger charge is -2.28. The highest BCUT2D eigenvalue weighted by Crippen LogP contribution is 2.24. The summed E-state index contributed by atoms with van der Waals surface area (Å²) in [5, 5.41) is 3.50. The van der Waals surface area contributed by atoms with E-state index in [1.54, 1.807) is 0 Å². The van der Waals surface area contributed by atoms with E-state index in [1.807, 2.05) is 0 Å². The highest BCUT2D eigenvalue weighted by molar-refractivity contribution is 5.29. The van der Waals surface area contributed by atoms with E-state index in [0.29, 0.717) is 6.10 Å². The van der Waals surface area contributed by atoms with Gasteiger partial charge in [0.25, 0.3) is 0 Å². The second kappa shape index (κ2) is 8.28. The zero-order chi connectivity index (χ0) is 14.2. The fourth-order valence-corrected chi connectivity index (χ4v) is 2.31. The maximum Gasteiger partial charge on any atom is 0.119 e. The van der Waals surface area contributed by atoms with Gasteiger partial charge in [-0.1, -0.05) is 26.0 Å². The molecule has 1 aromatic rings. The third kappa shape index (κ3) is 4.50. The van der Waals surface area contributed by atoms with Crippen LogP contribution in [0.15, 0.2) is 24.3 Å². The first kappa shape index (κ1) is 15.3. The minimum atomic E-state index is 0.279. The van der Waals surface area contributed by atoms with E-state index < -0.39 is 0 Å². The van der Waals surface area contributed by atoms with Gasteiger partial charge in [0.15, 0.2) is 0 Å². The van der Waals surface area contributed by atoms with E-state index in [2.05, 4.69) is 43.4 Å². The molecule has 0 aliphatic heterocycles. The quantitative estimate of drug-likeness (QED) is 0.746. The summed E-state index contributed by atoms with van der Waals surface area (Å²) in [5.74, 6) is 0.950. The van der Waals surface area contributed by atoms with Crippen LogP contribution in [0.5, 0.6) is 5.75 Å². The Bertz CT molecular complexity index is 373. The fraction of sp³-hybridized carbons (Fsp3) is 0.647. The van der Waals surface area contributed by atoms with Crippen LogP contribution in [0.4, 0.5) is 0 Å². The smallest absolute Gasteiger partial charge is 0.119 e. The molecule has 3 nitrogen and oxygen atoms in total. The lowest BCUT2D eigenvalue weighted by atomic mass is 9.96. The van der Waals surface area contributed by atoms with Gasteiger partial charge in [-0.15, -0.1) is 0 Å². The Hall–Kier alpha value is -1.06. The molecule has 112 valence electrons. The average Bonchev–Trinajstić information content (AvgIpc) is 2.43. The molecule has 0 amide bonds. The van der Waals surface area contributed by atoms with Gasteiger partial charge in [0, 0.05) is 0 Å². The van der Waals surface area contributed by atoms with E-state index >= 15 is 0 Å². The van der Waals surface area contributed by atoms with Crippen molar-refractivity contribution in [3.8, 4) is 5.75 Å². The zero-order valence-electron chi connectivity index (χ0n) is 12.7. The molecule has 1 aromatic carbocycles. The van der Waals surface area contributed by atoms with E-state index in [1.165, 1.54) is 24.8 Å². The van der Waals surface area contributed by atoms with Crippen LogP contribution >= 0.6 is 0 Å². The number of rotatable bonds is 9. The lowest BCUT2D eigenvalue weighted by Crippen LogP contribution is -2.30. The van der Waals surface area contributed by atoms with Crippen LogP contribution in [0.2, 0.25) is 0 Å². The minimum Gasteiger partial charge on any atom is -0.494 e. The number of benzene rings is 1. The maximum atomic E-state index is 5.95. The molecule has 0 heterocycles. The fourth-order valence-electron chi connectivity index (χ4n) is 2.31. The second-order valence-corrected chi connectivity index (χ2v) is 5.41. The van der Waals surface area contributed by atoms with Crippen molar-refractivity contribution in [3.63, 3.8) is 0 Å². The number of likely N-dealkylation sites (N-methyl/N-ethyl adjacent to an activating group) is 1. The molecule has 1 aliphatic carbocycles. The van der Waals surface area contributed by atoms with Crippen LogP contribution in [0.3, 0.4) is 0 Å². The summed E-state index contributed by atoms with van der Waals surface area (Å²) in [4.78, 5) is 0. The van der Waals surface area contributed by atoms with Crippen molar-refractivity contribution in [2.75, 3.05) is 19.8 Å². The molecule has 2 rings (SSSR count). The summed E-state index contributed by atoms with van der Waals surface area (Å²) in [7, 11) is 0. The van der Waals surface area contributed by atoms with Crippen LogP contribution in [-0.4, -0.2) is 25.9 Å². The third-order valence-corrected chi connectivity index (χ3v) is 3.76. The summed E-state index contributed by atoms with van der Waals surface area (Å²) in [6.45, 7) is 6.74. The zero-order valence-corrected chi connectivity index (χ0v) is 12.7. The Labute approximate surface area is 122 Å². The monoisotopic (exact) mass is 277 g/mol. The summed E-state index contributed by atoms with van der Waals surface area (Å²) >= 11 is 0. The van der Waals surface area contributed by atoms with Crippen molar-refractivity contribution in [1.82, 2.24) is 5.32 Å². The van der Waals surface area contributed by atoms with Gasteiger partial charge >= 0.3 is 0 Å². The van der Waals surface area contributed by atoms with Gasteiger partial charge in [-0.3, -0.25) is 0 Å². The molecule has 0 bridgehead atoms. The molecule has 1 aliphatic rings. The van der Waals surface area contributed by atoms with Crippen LogP contribution in [-0.2, 0) is 4.74 Å². The Morgan fingerprint density at radius 1 is 1.20 bits per heavy atom. The van der Waals surface area contributed by atoms with Crippen molar-refractivity contribution in [3.05, 3.63) is 29.8 Å². The van der Waals surface area contributed by atoms with Gasteiger partial charge in [0.1, 0.15) is 5.75 Å². The molecule has 0 saturated heterocycles. The van der Waals surface area contributed by atoms with Gasteiger partial charge in [0.05, 0.1) is 25.4 Å². The van der Waals surface area contributed by atoms with Gasteiger partial charge in [0.2, 0.25) is 0 Å². The Morgan fingerprint density at radius 2 is 1.95 bits per heavy atom. The summed E-state index contributed by atoms with van der Waals surface area (Å²) in [6, 6.07) is 8.67. The van der Waals surface area contributed by atoms with Crippen molar-refractivity contribution in [2.45, 2.75) is 51.7 Å². The SMILES string of the molecule is CCCOc1ccc(C(COC2CCC2)NCC)cc1. The van der Waals surface area contributed by atoms with Gasteiger partial charge in [-0.2, -0.15) is 0 Å². The van der Waals surface area contributed by atoms with Crippen molar-refractivity contribution >= 4 is 0 Å². The predicted octanol–water partition coefficient (Wildman–Crippen LogP) is 3.70. The van der Waals surface area contributed by atoms with Crippen molar-refractivity contribution in [2.24, 2.45) is 0 Å². The van der Waals surface area contributed by atoms with E-state index in [9.17, 15) is 0 Å². The lowest BCUT2D eigenvalue weighted by molar-refractivity contribution is -0.00861. The molecule has 1 saturated carbocycles. The molecule has 1 atom stereocenters. The predicted molar refractivity (Wildman–Crippen MR) is 82.2 cm³/mol. The van der Waals surface area contributed by atoms with Gasteiger partial charge in [-0.25, -0.2) is 0 Å². The average molecular weight is 277 g/mol. The van der Waals surface area contributed by atoms with E-state index in [-0.39, 0.29) is 6.04 Å². The van der Waals surface area contributed by atoms with Gasteiger partial charge < -0.3 is 14.8 Å². The molecule has 1 unspecified atom stereocenters. The molecule has 1 fully saturated rings. The van der Waals surface area contributed by atoms with Gasteiger partial charge in [-0.05, 0) is 49.9 Å². The Kier molecular flexibility index (Phi) is 6.34. The molecule has 20 heavy (non-hydrogen) atoms. The summed E-state index contributed by atoms with van der Waals surface area (Å²) in [5.41, 5.74) is 1.27.